The first-order valence-electron chi connectivity index (χ1n) is 10.7. The molecule has 0 spiro atoms. The van der Waals surface area contributed by atoms with Crippen LogP contribution in [-0.4, -0.2) is 55.6 Å². The highest BCUT2D eigenvalue weighted by atomic mass is 35.5. The number of carbonyl (C=O) groups excluding carboxylic acids is 2. The molecule has 2 aromatic heterocycles. The summed E-state index contributed by atoms with van der Waals surface area (Å²) >= 11 is 6.22. The quantitative estimate of drug-likeness (QED) is 0.628. The van der Waals surface area contributed by atoms with Crippen molar-refractivity contribution in [2.75, 3.05) is 18.8 Å². The van der Waals surface area contributed by atoms with Crippen molar-refractivity contribution in [2.45, 2.75) is 59.0 Å². The van der Waals surface area contributed by atoms with Crippen molar-refractivity contribution in [3.8, 4) is 0 Å². The average Bonchev–Trinajstić information content (AvgIpc) is 3.22. The molecule has 0 aromatic carbocycles. The van der Waals surface area contributed by atoms with E-state index in [4.69, 9.17) is 17.3 Å². The Labute approximate surface area is 187 Å². The summed E-state index contributed by atoms with van der Waals surface area (Å²) in [4.78, 5) is 35.3. The second-order valence-electron chi connectivity index (χ2n) is 8.01. The molecule has 1 atom stereocenters. The van der Waals surface area contributed by atoms with Crippen molar-refractivity contribution < 1.29 is 9.59 Å². The first-order valence-corrected chi connectivity index (χ1v) is 11.1. The monoisotopic (exact) mass is 447 g/mol. The highest BCUT2D eigenvalue weighted by Gasteiger charge is 2.27. The van der Waals surface area contributed by atoms with Gasteiger partial charge in [0.1, 0.15) is 22.8 Å². The van der Waals surface area contributed by atoms with Crippen LogP contribution in [0.15, 0.2) is 12.4 Å². The average molecular weight is 448 g/mol. The number of aryl methyl sites for hydroxylation is 2. The standard InChI is InChI=1S/C21H30ClN7O2/c1-4-29-12-16(11-24-29)20(30)25-13(2)21(31)28-9-7-15(8-10-28)5-6-17-18(22)26-14(3)27-19(17)23/h11-13,15H,4-10H2,1-3H3,(H,25,30)(H2,23,26,27)/t13-/m0/s1. The van der Waals surface area contributed by atoms with Crippen LogP contribution in [0.1, 0.15) is 54.9 Å². The fraction of sp³-hybridized carbons (Fsp3) is 0.571. The minimum atomic E-state index is -0.586. The first-order chi connectivity index (χ1) is 14.8. The SMILES string of the molecule is CCn1cc(C(=O)N[C@@H](C)C(=O)N2CCC(CCc3c(N)nc(C)nc3Cl)CC2)cn1. The maximum absolute atomic E-state index is 12.8. The van der Waals surface area contributed by atoms with Gasteiger partial charge in [-0.3, -0.25) is 14.3 Å². The second kappa shape index (κ2) is 10.1. The van der Waals surface area contributed by atoms with Crippen LogP contribution in [0.4, 0.5) is 5.82 Å². The van der Waals surface area contributed by atoms with Crippen LogP contribution in [0, 0.1) is 12.8 Å². The lowest BCUT2D eigenvalue weighted by Gasteiger charge is -2.33. The molecule has 0 bridgehead atoms. The van der Waals surface area contributed by atoms with Crippen LogP contribution in [0.5, 0.6) is 0 Å². The summed E-state index contributed by atoms with van der Waals surface area (Å²) in [6.45, 7) is 7.46. The van der Waals surface area contributed by atoms with Gasteiger partial charge in [0.2, 0.25) is 5.91 Å². The molecule has 1 aliphatic heterocycles. The number of rotatable bonds is 7. The summed E-state index contributed by atoms with van der Waals surface area (Å²) in [5, 5.41) is 7.30. The van der Waals surface area contributed by atoms with E-state index in [1.807, 2.05) is 11.8 Å². The molecule has 0 unspecified atom stereocenters. The molecule has 0 aliphatic carbocycles. The Hall–Kier alpha value is -2.68. The molecule has 3 heterocycles. The van der Waals surface area contributed by atoms with E-state index in [0.717, 1.165) is 31.2 Å². The number of carbonyl (C=O) groups is 2. The van der Waals surface area contributed by atoms with E-state index >= 15 is 0 Å². The molecule has 1 aliphatic rings. The van der Waals surface area contributed by atoms with Crippen LogP contribution in [0.3, 0.4) is 0 Å². The number of hydrogen-bond donors (Lipinski definition) is 2. The third kappa shape index (κ3) is 5.72. The molecule has 0 radical (unpaired) electrons. The Morgan fingerprint density at radius 3 is 2.65 bits per heavy atom. The van der Waals surface area contributed by atoms with Crippen molar-refractivity contribution in [1.29, 1.82) is 0 Å². The molecule has 2 amide bonds. The minimum absolute atomic E-state index is 0.0612. The predicted octanol–water partition coefficient (Wildman–Crippen LogP) is 2.23. The van der Waals surface area contributed by atoms with Gasteiger partial charge in [0.25, 0.3) is 5.91 Å². The molecule has 9 nitrogen and oxygen atoms in total. The van der Waals surface area contributed by atoms with E-state index in [0.29, 0.717) is 47.9 Å². The number of anilines is 1. The summed E-state index contributed by atoms with van der Waals surface area (Å²) in [5.41, 5.74) is 7.25. The smallest absolute Gasteiger partial charge is 0.255 e. The van der Waals surface area contributed by atoms with Crippen LogP contribution in [-0.2, 0) is 17.8 Å². The molecule has 1 saturated heterocycles. The van der Waals surface area contributed by atoms with E-state index in [2.05, 4.69) is 20.4 Å². The minimum Gasteiger partial charge on any atom is -0.383 e. The Morgan fingerprint density at radius 2 is 2.03 bits per heavy atom. The van der Waals surface area contributed by atoms with E-state index in [9.17, 15) is 9.59 Å². The maximum Gasteiger partial charge on any atom is 0.255 e. The third-order valence-electron chi connectivity index (χ3n) is 5.77. The number of aromatic nitrogens is 4. The van der Waals surface area contributed by atoms with Crippen LogP contribution in [0.2, 0.25) is 5.15 Å². The van der Waals surface area contributed by atoms with Crippen LogP contribution in [0.25, 0.3) is 0 Å². The van der Waals surface area contributed by atoms with Crippen molar-refractivity contribution in [3.05, 3.63) is 34.5 Å². The van der Waals surface area contributed by atoms with Gasteiger partial charge < -0.3 is 16.0 Å². The largest absolute Gasteiger partial charge is 0.383 e. The molecule has 3 N–H and O–H groups in total. The summed E-state index contributed by atoms with van der Waals surface area (Å²) < 4.78 is 1.68. The second-order valence-corrected chi connectivity index (χ2v) is 8.37. The maximum atomic E-state index is 12.8. The molecule has 168 valence electrons. The number of hydrogen-bond acceptors (Lipinski definition) is 6. The summed E-state index contributed by atoms with van der Waals surface area (Å²) in [6, 6.07) is -0.586. The predicted molar refractivity (Wildman–Crippen MR) is 119 cm³/mol. The number of piperidine rings is 1. The van der Waals surface area contributed by atoms with E-state index in [-0.39, 0.29) is 11.8 Å². The zero-order valence-corrected chi connectivity index (χ0v) is 19.0. The Kier molecular flexibility index (Phi) is 7.48. The molecule has 1 fully saturated rings. The summed E-state index contributed by atoms with van der Waals surface area (Å²) in [6.07, 6.45) is 6.64. The third-order valence-corrected chi connectivity index (χ3v) is 6.08. The zero-order chi connectivity index (χ0) is 22.5. The van der Waals surface area contributed by atoms with Crippen molar-refractivity contribution in [1.82, 2.24) is 30.0 Å². The van der Waals surface area contributed by atoms with Gasteiger partial charge in [0.05, 0.1) is 11.8 Å². The summed E-state index contributed by atoms with van der Waals surface area (Å²) in [5.74, 6) is 1.14. The van der Waals surface area contributed by atoms with Crippen molar-refractivity contribution in [3.63, 3.8) is 0 Å². The molecule has 31 heavy (non-hydrogen) atoms. The van der Waals surface area contributed by atoms with Gasteiger partial charge in [0.15, 0.2) is 0 Å². The van der Waals surface area contributed by atoms with E-state index in [1.54, 1.807) is 24.7 Å². The normalized spacial score (nSPS) is 15.7. The molecule has 0 saturated carbocycles. The van der Waals surface area contributed by atoms with Gasteiger partial charge in [-0.1, -0.05) is 11.6 Å². The highest BCUT2D eigenvalue weighted by molar-refractivity contribution is 6.30. The number of amides is 2. The number of nitrogens with two attached hydrogens (primary N) is 1. The molecule has 10 heteroatoms. The highest BCUT2D eigenvalue weighted by Crippen LogP contribution is 2.26. The number of nitrogen functional groups attached to an aromatic ring is 1. The van der Waals surface area contributed by atoms with E-state index in [1.165, 1.54) is 6.20 Å². The lowest BCUT2D eigenvalue weighted by atomic mass is 9.90. The first kappa shape index (κ1) is 23.0. The Morgan fingerprint density at radius 1 is 1.32 bits per heavy atom. The molecule has 2 aromatic rings. The Bertz CT molecular complexity index is 915. The van der Waals surface area contributed by atoms with Gasteiger partial charge in [-0.05, 0) is 52.4 Å². The van der Waals surface area contributed by atoms with Crippen LogP contribution < -0.4 is 11.1 Å². The van der Waals surface area contributed by atoms with Crippen LogP contribution >= 0.6 is 11.6 Å². The van der Waals surface area contributed by atoms with Gasteiger partial charge >= 0.3 is 0 Å². The van der Waals surface area contributed by atoms with Gasteiger partial charge in [-0.2, -0.15) is 5.10 Å². The lowest BCUT2D eigenvalue weighted by molar-refractivity contribution is -0.134. The zero-order valence-electron chi connectivity index (χ0n) is 18.3. The lowest BCUT2D eigenvalue weighted by Crippen LogP contribution is -2.49. The topological polar surface area (TPSA) is 119 Å². The van der Waals surface area contributed by atoms with Crippen molar-refractivity contribution in [2.24, 2.45) is 5.92 Å². The van der Waals surface area contributed by atoms with Gasteiger partial charge in [-0.25, -0.2) is 9.97 Å². The van der Waals surface area contributed by atoms with E-state index < -0.39 is 6.04 Å². The van der Waals surface area contributed by atoms with Gasteiger partial charge in [0, 0.05) is 31.4 Å². The Balaban J connectivity index is 1.46. The molecular formula is C21H30ClN7O2. The van der Waals surface area contributed by atoms with Gasteiger partial charge in [-0.15, -0.1) is 0 Å². The number of likely N-dealkylation sites (tertiary alicyclic amines) is 1. The number of halogens is 1. The van der Waals surface area contributed by atoms with Crippen molar-refractivity contribution >= 4 is 29.2 Å². The fourth-order valence-electron chi connectivity index (χ4n) is 3.87. The fourth-order valence-corrected chi connectivity index (χ4v) is 4.19. The summed E-state index contributed by atoms with van der Waals surface area (Å²) in [7, 11) is 0. The number of nitrogens with zero attached hydrogens (tertiary/aromatic N) is 5. The number of nitrogens with one attached hydrogen (secondary N) is 1. The molecule has 3 rings (SSSR count). The molecular weight excluding hydrogens is 418 g/mol.